The van der Waals surface area contributed by atoms with Crippen LogP contribution in [0.1, 0.15) is 79.0 Å². The van der Waals surface area contributed by atoms with Crippen molar-refractivity contribution in [2.45, 2.75) is 64.7 Å². The number of nitrogens with zero attached hydrogens (tertiary/aromatic N) is 2. The zero-order chi connectivity index (χ0) is 24.3. The molecule has 4 nitrogen and oxygen atoms in total. The normalized spacial score (nSPS) is 16.4. The molecule has 0 fully saturated rings. The van der Waals surface area contributed by atoms with Crippen molar-refractivity contribution in [3.63, 3.8) is 0 Å². The van der Waals surface area contributed by atoms with Crippen molar-refractivity contribution >= 4 is 17.0 Å². The number of rotatable bonds is 4. The van der Waals surface area contributed by atoms with E-state index in [1.54, 1.807) is 12.1 Å². The van der Waals surface area contributed by atoms with Crippen LogP contribution >= 0.6 is 0 Å². The molecule has 1 aliphatic rings. The molecule has 3 aromatic carbocycles. The average Bonchev–Trinajstić information content (AvgIpc) is 3.14. The highest BCUT2D eigenvalue weighted by atomic mass is 16.4. The summed E-state index contributed by atoms with van der Waals surface area (Å²) in [5.41, 5.74) is 8.50. The smallest absolute Gasteiger partial charge is 0.335 e. The Bertz CT molecular complexity index is 1410. The van der Waals surface area contributed by atoms with Crippen LogP contribution < -0.4 is 0 Å². The molecule has 4 aromatic rings. The molecule has 0 bridgehead atoms. The van der Waals surface area contributed by atoms with E-state index < -0.39 is 5.97 Å². The lowest BCUT2D eigenvalue weighted by molar-refractivity contribution is 0.0697. The number of carboxylic acid groups (broad SMARTS) is 1. The van der Waals surface area contributed by atoms with Crippen molar-refractivity contribution in [3.8, 4) is 5.69 Å². The van der Waals surface area contributed by atoms with E-state index >= 15 is 0 Å². The molecule has 0 unspecified atom stereocenters. The molecule has 1 N–H and O–H groups in total. The van der Waals surface area contributed by atoms with E-state index in [9.17, 15) is 9.90 Å². The van der Waals surface area contributed by atoms with Gasteiger partial charge in [0.1, 0.15) is 5.82 Å². The summed E-state index contributed by atoms with van der Waals surface area (Å²) in [6.45, 7) is 11.6. The lowest BCUT2D eigenvalue weighted by Gasteiger charge is -2.42. The third kappa shape index (κ3) is 3.71. The first kappa shape index (κ1) is 22.4. The summed E-state index contributed by atoms with van der Waals surface area (Å²) < 4.78 is 2.24. The summed E-state index contributed by atoms with van der Waals surface area (Å²) in [7, 11) is 0. The van der Waals surface area contributed by atoms with Crippen LogP contribution in [0.15, 0.2) is 60.7 Å². The van der Waals surface area contributed by atoms with Gasteiger partial charge in [-0.2, -0.15) is 0 Å². The summed E-state index contributed by atoms with van der Waals surface area (Å²) in [6, 6.07) is 20.3. The number of hydrogen-bond acceptors (Lipinski definition) is 2. The standard InChI is InChI=1S/C30H32N2O2/c1-19-15-22-23(30(4,5)14-13-29(22,2)3)18-26(19)32-25-12-11-21(28(33)34)17-24(25)31-27(32)16-20-9-7-6-8-10-20/h6-12,15,17-18H,13-14,16H2,1-5H3,(H,33,34). The quantitative estimate of drug-likeness (QED) is 0.364. The largest absolute Gasteiger partial charge is 0.478 e. The molecule has 0 aliphatic heterocycles. The van der Waals surface area contributed by atoms with Crippen LogP contribution in [0.4, 0.5) is 0 Å². The maximum atomic E-state index is 11.6. The molecule has 174 valence electrons. The van der Waals surface area contributed by atoms with E-state index in [-0.39, 0.29) is 16.4 Å². The van der Waals surface area contributed by atoms with Gasteiger partial charge in [0.15, 0.2) is 0 Å². The van der Waals surface area contributed by atoms with Gasteiger partial charge in [-0.1, -0.05) is 64.1 Å². The van der Waals surface area contributed by atoms with Crippen LogP contribution in [0.2, 0.25) is 0 Å². The molecule has 0 atom stereocenters. The molecule has 4 heteroatoms. The number of carboxylic acids is 1. The zero-order valence-electron chi connectivity index (χ0n) is 20.6. The predicted octanol–water partition coefficient (Wildman–Crippen LogP) is 6.97. The predicted molar refractivity (Wildman–Crippen MR) is 137 cm³/mol. The molecule has 34 heavy (non-hydrogen) atoms. The number of aromatic nitrogens is 2. The number of carbonyl (C=O) groups is 1. The molecular weight excluding hydrogens is 420 g/mol. The van der Waals surface area contributed by atoms with Crippen molar-refractivity contribution < 1.29 is 9.90 Å². The lowest BCUT2D eigenvalue weighted by atomic mass is 9.63. The number of imidazole rings is 1. The second kappa shape index (κ2) is 7.83. The maximum absolute atomic E-state index is 11.6. The molecule has 1 aliphatic carbocycles. The van der Waals surface area contributed by atoms with E-state index in [0.717, 1.165) is 23.4 Å². The van der Waals surface area contributed by atoms with Crippen LogP contribution in [0.25, 0.3) is 16.7 Å². The Morgan fingerprint density at radius 2 is 1.59 bits per heavy atom. The average molecular weight is 453 g/mol. The summed E-state index contributed by atoms with van der Waals surface area (Å²) in [4.78, 5) is 16.6. The van der Waals surface area contributed by atoms with Crippen molar-refractivity contribution in [3.05, 3.63) is 94.3 Å². The van der Waals surface area contributed by atoms with E-state index in [0.29, 0.717) is 11.9 Å². The molecule has 0 radical (unpaired) electrons. The summed E-state index contributed by atoms with van der Waals surface area (Å²) >= 11 is 0. The summed E-state index contributed by atoms with van der Waals surface area (Å²) in [6.07, 6.45) is 3.00. The first-order valence-corrected chi connectivity index (χ1v) is 12.0. The van der Waals surface area contributed by atoms with Gasteiger partial charge >= 0.3 is 5.97 Å². The highest BCUT2D eigenvalue weighted by Crippen LogP contribution is 2.47. The number of hydrogen-bond donors (Lipinski definition) is 1. The minimum absolute atomic E-state index is 0.0970. The minimum atomic E-state index is -0.935. The molecule has 1 heterocycles. The van der Waals surface area contributed by atoms with Crippen LogP contribution in [0.5, 0.6) is 0 Å². The Labute approximate surface area is 201 Å². The Hall–Kier alpha value is -3.40. The number of benzene rings is 3. The van der Waals surface area contributed by atoms with Gasteiger partial charge in [0.2, 0.25) is 0 Å². The maximum Gasteiger partial charge on any atom is 0.335 e. The van der Waals surface area contributed by atoms with Gasteiger partial charge in [-0.05, 0) is 77.1 Å². The van der Waals surface area contributed by atoms with Gasteiger partial charge < -0.3 is 5.11 Å². The van der Waals surface area contributed by atoms with Crippen molar-refractivity contribution in [1.82, 2.24) is 9.55 Å². The Morgan fingerprint density at radius 1 is 0.941 bits per heavy atom. The van der Waals surface area contributed by atoms with Gasteiger partial charge in [-0.15, -0.1) is 0 Å². The van der Waals surface area contributed by atoms with Crippen molar-refractivity contribution in [1.29, 1.82) is 0 Å². The van der Waals surface area contributed by atoms with E-state index in [4.69, 9.17) is 4.98 Å². The molecule has 5 rings (SSSR count). The summed E-state index contributed by atoms with van der Waals surface area (Å²) in [5, 5.41) is 9.52. The zero-order valence-corrected chi connectivity index (χ0v) is 20.6. The third-order valence-corrected chi connectivity index (χ3v) is 7.59. The highest BCUT2D eigenvalue weighted by Gasteiger charge is 2.37. The number of fused-ring (bicyclic) bond motifs is 2. The van der Waals surface area contributed by atoms with Gasteiger partial charge in [0, 0.05) is 6.42 Å². The number of aromatic carboxylic acids is 1. The van der Waals surface area contributed by atoms with Gasteiger partial charge in [-0.3, -0.25) is 4.57 Å². The molecule has 0 saturated carbocycles. The first-order valence-electron chi connectivity index (χ1n) is 12.0. The van der Waals surface area contributed by atoms with Gasteiger partial charge in [-0.25, -0.2) is 9.78 Å². The Kier molecular flexibility index (Phi) is 5.16. The SMILES string of the molecule is Cc1cc2c(cc1-n1c(Cc3ccccc3)nc3cc(C(=O)O)ccc31)C(C)(C)CCC2(C)C. The van der Waals surface area contributed by atoms with Gasteiger partial charge in [0.25, 0.3) is 0 Å². The summed E-state index contributed by atoms with van der Waals surface area (Å²) in [5.74, 6) is -0.0188. The van der Waals surface area contributed by atoms with Crippen LogP contribution in [-0.4, -0.2) is 20.6 Å². The Morgan fingerprint density at radius 3 is 2.24 bits per heavy atom. The molecule has 0 spiro atoms. The van der Waals surface area contributed by atoms with Crippen molar-refractivity contribution in [2.75, 3.05) is 0 Å². The Balaban J connectivity index is 1.77. The van der Waals surface area contributed by atoms with Gasteiger partial charge in [0.05, 0.1) is 22.3 Å². The molecule has 0 saturated heterocycles. The van der Waals surface area contributed by atoms with Crippen LogP contribution in [0, 0.1) is 6.92 Å². The minimum Gasteiger partial charge on any atom is -0.478 e. The van der Waals surface area contributed by atoms with Crippen LogP contribution in [0.3, 0.4) is 0 Å². The van der Waals surface area contributed by atoms with E-state index in [2.05, 4.69) is 63.5 Å². The molecule has 1 aromatic heterocycles. The van der Waals surface area contributed by atoms with Crippen LogP contribution in [-0.2, 0) is 17.3 Å². The molecule has 0 amide bonds. The fourth-order valence-corrected chi connectivity index (χ4v) is 5.38. The molecular formula is C30H32N2O2. The number of aryl methyl sites for hydroxylation is 1. The highest BCUT2D eigenvalue weighted by molar-refractivity contribution is 5.93. The topological polar surface area (TPSA) is 55.1 Å². The second-order valence-corrected chi connectivity index (χ2v) is 11.0. The second-order valence-electron chi connectivity index (χ2n) is 11.0. The van der Waals surface area contributed by atoms with E-state index in [1.165, 1.54) is 28.7 Å². The fraction of sp³-hybridized carbons (Fsp3) is 0.333. The third-order valence-electron chi connectivity index (χ3n) is 7.59. The van der Waals surface area contributed by atoms with Crippen molar-refractivity contribution in [2.24, 2.45) is 0 Å². The van der Waals surface area contributed by atoms with E-state index in [1.807, 2.05) is 24.3 Å². The fourth-order valence-electron chi connectivity index (χ4n) is 5.38. The lowest BCUT2D eigenvalue weighted by Crippen LogP contribution is -2.34. The monoisotopic (exact) mass is 452 g/mol. The first-order chi connectivity index (χ1) is 16.1.